The number of aromatic nitrogens is 1. The standard InChI is InChI=1S/C33H30F6N2O3/c1-19(2)23-5-8-30(43-4)29(16-23)27-7-6-25(32(34,35)36)17-28(27)20(3)44-31(42)41-18-21-13-24(22-9-11-40-12-10-22)15-26(14-21)33(37,38)39/h5-17,19-20H,18H2,1-4H3,(H,41,42). The molecular weight excluding hydrogens is 586 g/mol. The number of nitrogens with one attached hydrogen (secondary N) is 1. The third kappa shape index (κ3) is 7.69. The highest BCUT2D eigenvalue weighted by Crippen LogP contribution is 2.41. The van der Waals surface area contributed by atoms with Crippen LogP contribution in [-0.2, 0) is 23.6 Å². The molecule has 0 aliphatic rings. The minimum absolute atomic E-state index is 0.0771. The van der Waals surface area contributed by atoms with E-state index in [1.807, 2.05) is 26.0 Å². The van der Waals surface area contributed by atoms with E-state index in [0.29, 0.717) is 22.4 Å². The molecule has 232 valence electrons. The summed E-state index contributed by atoms with van der Waals surface area (Å²) in [6.45, 7) is 5.04. The molecule has 1 aromatic heterocycles. The lowest BCUT2D eigenvalue weighted by Gasteiger charge is -2.22. The number of carbonyl (C=O) groups excluding carboxylic acids is 1. The van der Waals surface area contributed by atoms with Crippen LogP contribution >= 0.6 is 0 Å². The van der Waals surface area contributed by atoms with Crippen molar-refractivity contribution in [1.82, 2.24) is 10.3 Å². The number of alkyl halides is 6. The Balaban J connectivity index is 1.62. The number of ether oxygens (including phenoxy) is 2. The van der Waals surface area contributed by atoms with E-state index in [4.69, 9.17) is 9.47 Å². The predicted molar refractivity (Wildman–Crippen MR) is 154 cm³/mol. The molecule has 1 heterocycles. The molecular formula is C33H30F6N2O3. The van der Waals surface area contributed by atoms with Crippen molar-refractivity contribution in [2.75, 3.05) is 7.11 Å². The average molecular weight is 617 g/mol. The van der Waals surface area contributed by atoms with Gasteiger partial charge in [0.2, 0.25) is 0 Å². The highest BCUT2D eigenvalue weighted by Gasteiger charge is 2.33. The molecule has 11 heteroatoms. The van der Waals surface area contributed by atoms with E-state index in [0.717, 1.165) is 29.8 Å². The summed E-state index contributed by atoms with van der Waals surface area (Å²) in [5.74, 6) is 0.536. The van der Waals surface area contributed by atoms with E-state index in [9.17, 15) is 31.1 Å². The van der Waals surface area contributed by atoms with Gasteiger partial charge in [0.1, 0.15) is 11.9 Å². The first-order valence-corrected chi connectivity index (χ1v) is 13.6. The quantitative estimate of drug-likeness (QED) is 0.200. The number of rotatable bonds is 8. The fraction of sp³-hybridized carbons (Fsp3) is 0.273. The number of amides is 1. The Morgan fingerprint density at radius 2 is 1.48 bits per heavy atom. The van der Waals surface area contributed by atoms with Gasteiger partial charge in [0.05, 0.1) is 18.2 Å². The van der Waals surface area contributed by atoms with E-state index in [-0.39, 0.29) is 29.2 Å². The summed E-state index contributed by atoms with van der Waals surface area (Å²) in [4.78, 5) is 16.7. The number of carbonyl (C=O) groups is 1. The SMILES string of the molecule is COc1ccc(C(C)C)cc1-c1ccc(C(F)(F)F)cc1C(C)OC(=O)NCc1cc(-c2ccncc2)cc(C(F)(F)F)c1. The molecule has 44 heavy (non-hydrogen) atoms. The maximum Gasteiger partial charge on any atom is 0.416 e. The van der Waals surface area contributed by atoms with E-state index < -0.39 is 35.7 Å². The van der Waals surface area contributed by atoms with Gasteiger partial charge in [0.15, 0.2) is 0 Å². The molecule has 3 aromatic carbocycles. The maximum atomic E-state index is 13.7. The van der Waals surface area contributed by atoms with Crippen molar-refractivity contribution in [2.45, 2.75) is 51.7 Å². The van der Waals surface area contributed by atoms with E-state index in [1.54, 1.807) is 18.2 Å². The minimum Gasteiger partial charge on any atom is -0.496 e. The lowest BCUT2D eigenvalue weighted by molar-refractivity contribution is -0.138. The molecule has 1 N–H and O–H groups in total. The number of hydrogen-bond acceptors (Lipinski definition) is 4. The van der Waals surface area contributed by atoms with Crippen molar-refractivity contribution in [3.05, 3.63) is 107 Å². The van der Waals surface area contributed by atoms with Gasteiger partial charge in [-0.05, 0) is 95.3 Å². The minimum atomic E-state index is -4.66. The van der Waals surface area contributed by atoms with Gasteiger partial charge in [-0.25, -0.2) is 4.79 Å². The first-order valence-electron chi connectivity index (χ1n) is 13.6. The third-order valence-electron chi connectivity index (χ3n) is 7.05. The topological polar surface area (TPSA) is 60.5 Å². The lowest BCUT2D eigenvalue weighted by atomic mass is 9.91. The Morgan fingerprint density at radius 3 is 2.09 bits per heavy atom. The van der Waals surface area contributed by atoms with Gasteiger partial charge in [-0.15, -0.1) is 0 Å². The number of alkyl carbamates (subject to hydrolysis) is 1. The molecule has 1 amide bonds. The number of pyridine rings is 1. The summed E-state index contributed by atoms with van der Waals surface area (Å²) in [7, 11) is 1.44. The Morgan fingerprint density at radius 1 is 0.795 bits per heavy atom. The summed E-state index contributed by atoms with van der Waals surface area (Å²) in [6, 6.07) is 15.1. The first kappa shape index (κ1) is 32.4. The largest absolute Gasteiger partial charge is 0.496 e. The monoisotopic (exact) mass is 616 g/mol. The number of halogens is 6. The van der Waals surface area contributed by atoms with E-state index in [2.05, 4.69) is 10.3 Å². The van der Waals surface area contributed by atoms with Crippen LogP contribution in [0.2, 0.25) is 0 Å². The van der Waals surface area contributed by atoms with Gasteiger partial charge in [0.25, 0.3) is 0 Å². The zero-order chi connectivity index (χ0) is 32.2. The van der Waals surface area contributed by atoms with Gasteiger partial charge in [-0.3, -0.25) is 4.98 Å². The molecule has 4 rings (SSSR count). The second kappa shape index (κ2) is 13.0. The van der Waals surface area contributed by atoms with Crippen molar-refractivity contribution in [3.8, 4) is 28.0 Å². The zero-order valence-corrected chi connectivity index (χ0v) is 24.3. The van der Waals surface area contributed by atoms with Gasteiger partial charge in [-0.2, -0.15) is 26.3 Å². The molecule has 4 aromatic rings. The second-order valence-corrected chi connectivity index (χ2v) is 10.5. The highest BCUT2D eigenvalue weighted by atomic mass is 19.4. The van der Waals surface area contributed by atoms with E-state index in [1.165, 1.54) is 38.6 Å². The molecule has 0 saturated carbocycles. The van der Waals surface area contributed by atoms with Gasteiger partial charge in [-0.1, -0.05) is 26.0 Å². The van der Waals surface area contributed by atoms with Gasteiger partial charge in [0, 0.05) is 30.1 Å². The van der Waals surface area contributed by atoms with Crippen LogP contribution in [0.15, 0.2) is 79.1 Å². The Kier molecular flexibility index (Phi) is 9.56. The molecule has 0 aliphatic carbocycles. The van der Waals surface area contributed by atoms with Crippen LogP contribution in [0.25, 0.3) is 22.3 Å². The normalized spacial score (nSPS) is 12.6. The maximum absolute atomic E-state index is 13.7. The number of methoxy groups -OCH3 is 1. The summed E-state index contributed by atoms with van der Waals surface area (Å²) in [6.07, 6.45) is -8.60. The van der Waals surface area contributed by atoms with Crippen molar-refractivity contribution < 1.29 is 40.6 Å². The van der Waals surface area contributed by atoms with Crippen LogP contribution in [-0.4, -0.2) is 18.2 Å². The van der Waals surface area contributed by atoms with Crippen molar-refractivity contribution in [2.24, 2.45) is 0 Å². The molecule has 0 radical (unpaired) electrons. The molecule has 0 fully saturated rings. The number of benzene rings is 3. The summed E-state index contributed by atoms with van der Waals surface area (Å²) in [5, 5.41) is 2.42. The predicted octanol–water partition coefficient (Wildman–Crippen LogP) is 9.57. The van der Waals surface area contributed by atoms with Crippen molar-refractivity contribution >= 4 is 6.09 Å². The summed E-state index contributed by atoms with van der Waals surface area (Å²) < 4.78 is 92.9. The molecule has 0 bridgehead atoms. The smallest absolute Gasteiger partial charge is 0.416 e. The Labute approximate surface area is 250 Å². The van der Waals surface area contributed by atoms with Crippen LogP contribution in [0, 0.1) is 0 Å². The molecule has 0 aliphatic heterocycles. The van der Waals surface area contributed by atoms with Crippen LogP contribution in [0.5, 0.6) is 5.75 Å². The van der Waals surface area contributed by atoms with Crippen LogP contribution in [0.3, 0.4) is 0 Å². The van der Waals surface area contributed by atoms with Crippen molar-refractivity contribution in [3.63, 3.8) is 0 Å². The molecule has 0 saturated heterocycles. The Hall–Kier alpha value is -4.54. The summed E-state index contributed by atoms with van der Waals surface area (Å²) >= 11 is 0. The molecule has 1 unspecified atom stereocenters. The highest BCUT2D eigenvalue weighted by molar-refractivity contribution is 5.76. The molecule has 5 nitrogen and oxygen atoms in total. The second-order valence-electron chi connectivity index (χ2n) is 10.5. The van der Waals surface area contributed by atoms with E-state index >= 15 is 0 Å². The third-order valence-corrected chi connectivity index (χ3v) is 7.05. The summed E-state index contributed by atoms with van der Waals surface area (Å²) in [5.41, 5.74) is 0.966. The molecule has 0 spiro atoms. The fourth-order valence-electron chi connectivity index (χ4n) is 4.72. The average Bonchev–Trinajstić information content (AvgIpc) is 2.98. The molecule has 1 atom stereocenters. The Bertz CT molecular complexity index is 1620. The van der Waals surface area contributed by atoms with Crippen LogP contribution in [0.1, 0.15) is 60.6 Å². The first-order chi connectivity index (χ1) is 20.7. The lowest BCUT2D eigenvalue weighted by Crippen LogP contribution is -2.25. The van der Waals surface area contributed by atoms with Crippen molar-refractivity contribution in [1.29, 1.82) is 0 Å². The number of nitrogens with zero attached hydrogens (tertiary/aromatic N) is 1. The fourth-order valence-corrected chi connectivity index (χ4v) is 4.72. The van der Waals surface area contributed by atoms with Crippen LogP contribution in [0.4, 0.5) is 31.1 Å². The number of hydrogen-bond donors (Lipinski definition) is 1. The van der Waals surface area contributed by atoms with Crippen LogP contribution < -0.4 is 10.1 Å². The zero-order valence-electron chi connectivity index (χ0n) is 24.3. The van der Waals surface area contributed by atoms with Gasteiger partial charge < -0.3 is 14.8 Å². The van der Waals surface area contributed by atoms with Gasteiger partial charge >= 0.3 is 18.4 Å².